The predicted octanol–water partition coefficient (Wildman–Crippen LogP) is 0.0516. The molecular formula is C6H12FN2. The Kier molecular flexibility index (Phi) is 2.03. The van der Waals surface area contributed by atoms with Crippen LogP contribution in [0.25, 0.3) is 0 Å². The third-order valence-corrected chi connectivity index (χ3v) is 1.80. The summed E-state index contributed by atoms with van der Waals surface area (Å²) in [6, 6.07) is 0. The number of piperidine rings is 1. The molecule has 0 amide bonds. The quantitative estimate of drug-likeness (QED) is 0.536. The summed E-state index contributed by atoms with van der Waals surface area (Å²) in [5.74, 6) is 0. The summed E-state index contributed by atoms with van der Waals surface area (Å²) in [6.07, 6.45) is 1.03. The molecule has 0 saturated carbocycles. The molecule has 2 nitrogen and oxygen atoms in total. The predicted molar refractivity (Wildman–Crippen MR) is 34.0 cm³/mol. The van der Waals surface area contributed by atoms with Gasteiger partial charge in [0, 0.05) is 19.6 Å². The van der Waals surface area contributed by atoms with Crippen LogP contribution in [-0.4, -0.2) is 25.3 Å². The van der Waals surface area contributed by atoms with Crippen molar-refractivity contribution in [2.24, 2.45) is 5.73 Å². The molecule has 3 heteroatoms. The molecule has 9 heavy (non-hydrogen) atoms. The van der Waals surface area contributed by atoms with E-state index in [2.05, 4.69) is 5.32 Å². The fourth-order valence-electron chi connectivity index (χ4n) is 1.000. The third kappa shape index (κ3) is 1.63. The van der Waals surface area contributed by atoms with Crippen LogP contribution >= 0.6 is 0 Å². The van der Waals surface area contributed by atoms with Gasteiger partial charge in [-0.2, -0.15) is 0 Å². The summed E-state index contributed by atoms with van der Waals surface area (Å²) >= 11 is 0. The van der Waals surface area contributed by atoms with Gasteiger partial charge in [0.25, 0.3) is 0 Å². The maximum Gasteiger partial charge on any atom is 0.125 e. The van der Waals surface area contributed by atoms with Crippen LogP contribution in [0.4, 0.5) is 4.39 Å². The lowest BCUT2D eigenvalue weighted by molar-refractivity contribution is 0.124. The van der Waals surface area contributed by atoms with Crippen LogP contribution in [-0.2, 0) is 0 Å². The first kappa shape index (κ1) is 6.96. The smallest absolute Gasteiger partial charge is 0.125 e. The number of halogens is 1. The maximum atomic E-state index is 13.1. The van der Waals surface area contributed by atoms with Crippen LogP contribution in [0.5, 0.6) is 0 Å². The first-order valence-electron chi connectivity index (χ1n) is 3.29. The highest BCUT2D eigenvalue weighted by Crippen LogP contribution is 2.21. The van der Waals surface area contributed by atoms with E-state index in [1.165, 1.54) is 0 Å². The summed E-state index contributed by atoms with van der Waals surface area (Å²) in [5, 5.41) is 4.02. The van der Waals surface area contributed by atoms with Crippen LogP contribution in [0, 0.1) is 0 Å². The molecule has 0 unspecified atom stereocenters. The first-order valence-corrected chi connectivity index (χ1v) is 3.29. The summed E-state index contributed by atoms with van der Waals surface area (Å²) < 4.78 is 13.1. The van der Waals surface area contributed by atoms with Gasteiger partial charge in [-0.15, -0.1) is 0 Å². The SMILES string of the molecule is NCC1(F)CC[N]CC1. The van der Waals surface area contributed by atoms with Gasteiger partial charge in [0.15, 0.2) is 0 Å². The normalized spacial score (nSPS) is 26.0. The van der Waals surface area contributed by atoms with Crippen molar-refractivity contribution >= 4 is 0 Å². The molecule has 1 heterocycles. The molecule has 1 aliphatic heterocycles. The van der Waals surface area contributed by atoms with Crippen molar-refractivity contribution in [1.29, 1.82) is 0 Å². The van der Waals surface area contributed by atoms with Gasteiger partial charge >= 0.3 is 0 Å². The minimum Gasteiger partial charge on any atom is -0.328 e. The average molecular weight is 131 g/mol. The molecular weight excluding hydrogens is 119 g/mol. The van der Waals surface area contributed by atoms with Crippen LogP contribution in [0.1, 0.15) is 12.8 Å². The van der Waals surface area contributed by atoms with E-state index in [-0.39, 0.29) is 6.54 Å². The van der Waals surface area contributed by atoms with Crippen molar-refractivity contribution in [2.75, 3.05) is 19.6 Å². The standard InChI is InChI=1S/C6H12FN2/c7-6(5-8)1-3-9-4-2-6/h1-5,8H2. The molecule has 2 N–H and O–H groups in total. The van der Waals surface area contributed by atoms with Crippen molar-refractivity contribution in [3.63, 3.8) is 0 Å². The topological polar surface area (TPSA) is 40.1 Å². The second-order valence-electron chi connectivity index (χ2n) is 2.53. The van der Waals surface area contributed by atoms with Gasteiger partial charge in [0.2, 0.25) is 0 Å². The van der Waals surface area contributed by atoms with Crippen LogP contribution in [0.2, 0.25) is 0 Å². The summed E-state index contributed by atoms with van der Waals surface area (Å²) in [4.78, 5) is 0. The Morgan fingerprint density at radius 2 is 2.00 bits per heavy atom. The van der Waals surface area contributed by atoms with Gasteiger partial charge in [-0.25, -0.2) is 9.71 Å². The lowest BCUT2D eigenvalue weighted by atomic mass is 9.95. The monoisotopic (exact) mass is 131 g/mol. The Morgan fingerprint density at radius 3 is 2.33 bits per heavy atom. The van der Waals surface area contributed by atoms with Gasteiger partial charge in [-0.3, -0.25) is 0 Å². The minimum atomic E-state index is -1.10. The molecule has 0 aromatic rings. The highest BCUT2D eigenvalue weighted by molar-refractivity contribution is 4.84. The average Bonchev–Trinajstić information content (AvgIpc) is 1.90. The Hall–Kier alpha value is -0.150. The highest BCUT2D eigenvalue weighted by Gasteiger charge is 2.29. The fraction of sp³-hybridized carbons (Fsp3) is 1.00. The van der Waals surface area contributed by atoms with E-state index in [1.54, 1.807) is 0 Å². The van der Waals surface area contributed by atoms with E-state index in [1.807, 2.05) is 0 Å². The van der Waals surface area contributed by atoms with Crippen LogP contribution in [0.15, 0.2) is 0 Å². The zero-order chi connectivity index (χ0) is 6.74. The fourth-order valence-corrected chi connectivity index (χ4v) is 1.000. The van der Waals surface area contributed by atoms with E-state index < -0.39 is 5.67 Å². The number of hydrogen-bond donors (Lipinski definition) is 1. The van der Waals surface area contributed by atoms with Gasteiger partial charge in [0.05, 0.1) is 0 Å². The Balaban J connectivity index is 2.37. The lowest BCUT2D eigenvalue weighted by Gasteiger charge is -2.27. The highest BCUT2D eigenvalue weighted by atomic mass is 19.1. The molecule has 0 bridgehead atoms. The van der Waals surface area contributed by atoms with Gasteiger partial charge in [-0.05, 0) is 12.8 Å². The zero-order valence-electron chi connectivity index (χ0n) is 5.44. The second-order valence-corrected chi connectivity index (χ2v) is 2.53. The Morgan fingerprint density at radius 1 is 1.44 bits per heavy atom. The maximum absolute atomic E-state index is 13.1. The van der Waals surface area contributed by atoms with E-state index in [4.69, 9.17) is 5.73 Å². The zero-order valence-corrected chi connectivity index (χ0v) is 5.44. The molecule has 1 fully saturated rings. The van der Waals surface area contributed by atoms with E-state index in [9.17, 15) is 4.39 Å². The van der Waals surface area contributed by atoms with Gasteiger partial charge in [-0.1, -0.05) is 0 Å². The van der Waals surface area contributed by atoms with Gasteiger partial charge in [0.1, 0.15) is 5.67 Å². The summed E-state index contributed by atoms with van der Waals surface area (Å²) in [5.41, 5.74) is 4.13. The minimum absolute atomic E-state index is 0.155. The van der Waals surface area contributed by atoms with Gasteiger partial charge < -0.3 is 5.73 Å². The summed E-state index contributed by atoms with van der Waals surface area (Å²) in [6.45, 7) is 1.45. The Bertz CT molecular complexity index is 89.1. The largest absolute Gasteiger partial charge is 0.328 e. The molecule has 1 saturated heterocycles. The molecule has 1 aliphatic rings. The van der Waals surface area contributed by atoms with E-state index in [0.717, 1.165) is 0 Å². The number of rotatable bonds is 1. The van der Waals surface area contributed by atoms with Crippen LogP contribution in [0.3, 0.4) is 0 Å². The molecule has 0 atom stereocenters. The Labute approximate surface area is 54.6 Å². The number of hydrogen-bond acceptors (Lipinski definition) is 1. The lowest BCUT2D eigenvalue weighted by Crippen LogP contribution is -2.41. The first-order chi connectivity index (χ1) is 4.27. The van der Waals surface area contributed by atoms with Crippen molar-refractivity contribution in [1.82, 2.24) is 5.32 Å². The molecule has 0 aliphatic carbocycles. The third-order valence-electron chi connectivity index (χ3n) is 1.80. The molecule has 0 aromatic carbocycles. The molecule has 53 valence electrons. The molecule has 0 spiro atoms. The molecule has 1 rings (SSSR count). The molecule has 0 aromatic heterocycles. The number of nitrogens with zero attached hydrogens (tertiary/aromatic N) is 1. The number of nitrogens with two attached hydrogens (primary N) is 1. The number of alkyl halides is 1. The van der Waals surface area contributed by atoms with Crippen LogP contribution < -0.4 is 11.1 Å². The van der Waals surface area contributed by atoms with Crippen molar-refractivity contribution in [3.8, 4) is 0 Å². The summed E-state index contributed by atoms with van der Waals surface area (Å²) in [7, 11) is 0. The van der Waals surface area contributed by atoms with Crippen molar-refractivity contribution < 1.29 is 4.39 Å². The molecule has 1 radical (unpaired) electrons. The van der Waals surface area contributed by atoms with E-state index in [0.29, 0.717) is 25.9 Å². The second kappa shape index (κ2) is 2.62. The van der Waals surface area contributed by atoms with Crippen molar-refractivity contribution in [3.05, 3.63) is 0 Å². The van der Waals surface area contributed by atoms with E-state index >= 15 is 0 Å². The van der Waals surface area contributed by atoms with Crippen molar-refractivity contribution in [2.45, 2.75) is 18.5 Å².